The Labute approximate surface area is 168 Å². The third-order valence-electron chi connectivity index (χ3n) is 4.97. The molecule has 3 heterocycles. The number of thiocarbonyl (C=S) groups is 1. The van der Waals surface area contributed by atoms with Crippen molar-refractivity contribution in [3.63, 3.8) is 0 Å². The average molecular weight is 401 g/mol. The highest BCUT2D eigenvalue weighted by atomic mass is 32.1. The number of nitrogens with zero attached hydrogens (tertiary/aromatic N) is 4. The van der Waals surface area contributed by atoms with Gasteiger partial charge in [0.15, 0.2) is 16.6 Å². The van der Waals surface area contributed by atoms with E-state index in [2.05, 4.69) is 21.7 Å². The van der Waals surface area contributed by atoms with Gasteiger partial charge in [0.1, 0.15) is 13.2 Å². The Morgan fingerprint density at radius 3 is 2.57 bits per heavy atom. The molecular formula is C19H23N5O3S. The quantitative estimate of drug-likeness (QED) is 0.603. The summed E-state index contributed by atoms with van der Waals surface area (Å²) in [5, 5.41) is 4.27. The van der Waals surface area contributed by atoms with E-state index in [1.54, 1.807) is 22.8 Å². The maximum atomic E-state index is 13.2. The van der Waals surface area contributed by atoms with Gasteiger partial charge >= 0.3 is 0 Å². The smallest absolute Gasteiger partial charge is 0.263 e. The minimum atomic E-state index is -0.106. The second-order valence-electron chi connectivity index (χ2n) is 6.66. The van der Waals surface area contributed by atoms with Crippen molar-refractivity contribution in [3.05, 3.63) is 35.1 Å². The maximum Gasteiger partial charge on any atom is 0.263 e. The van der Waals surface area contributed by atoms with Gasteiger partial charge in [0.05, 0.1) is 10.9 Å². The highest BCUT2D eigenvalue weighted by Gasteiger charge is 2.24. The molecule has 0 radical (unpaired) electrons. The molecule has 148 valence electrons. The Morgan fingerprint density at radius 1 is 1.25 bits per heavy atom. The summed E-state index contributed by atoms with van der Waals surface area (Å²) in [6.45, 7) is 8.13. The topological polar surface area (TPSA) is 71.9 Å². The molecule has 0 saturated carbocycles. The maximum absolute atomic E-state index is 13.2. The van der Waals surface area contributed by atoms with Crippen LogP contribution in [0.4, 0.5) is 5.95 Å². The predicted octanol–water partition coefficient (Wildman–Crippen LogP) is 0.980. The van der Waals surface area contributed by atoms with Crippen LogP contribution in [0.15, 0.2) is 29.6 Å². The normalized spacial score (nSPS) is 16.2. The Hall–Kier alpha value is -2.81. The summed E-state index contributed by atoms with van der Waals surface area (Å²) in [4.78, 5) is 22.2. The number of ether oxygens (including phenoxy) is 2. The van der Waals surface area contributed by atoms with Gasteiger partial charge in [-0.05, 0) is 18.3 Å². The van der Waals surface area contributed by atoms with Crippen molar-refractivity contribution in [1.29, 1.82) is 0 Å². The van der Waals surface area contributed by atoms with Crippen LogP contribution in [-0.4, -0.2) is 66.0 Å². The molecule has 0 unspecified atom stereocenters. The number of rotatable bonds is 3. The van der Waals surface area contributed by atoms with E-state index in [-0.39, 0.29) is 5.56 Å². The van der Waals surface area contributed by atoms with E-state index < -0.39 is 0 Å². The lowest BCUT2D eigenvalue weighted by Crippen LogP contribution is -2.52. The summed E-state index contributed by atoms with van der Waals surface area (Å²) >= 11 is 5.33. The Bertz CT molecular complexity index is 982. The second-order valence-corrected chi connectivity index (χ2v) is 7.05. The highest BCUT2D eigenvalue weighted by molar-refractivity contribution is 7.80. The fourth-order valence-electron chi connectivity index (χ4n) is 3.55. The summed E-state index contributed by atoms with van der Waals surface area (Å²) < 4.78 is 12.9. The Balaban J connectivity index is 1.75. The number of fused-ring (bicyclic) bond motifs is 2. The molecule has 0 bridgehead atoms. The third kappa shape index (κ3) is 3.26. The van der Waals surface area contributed by atoms with E-state index in [4.69, 9.17) is 26.7 Å². The van der Waals surface area contributed by atoms with Crippen LogP contribution in [0, 0.1) is 0 Å². The Morgan fingerprint density at radius 2 is 1.93 bits per heavy atom. The summed E-state index contributed by atoms with van der Waals surface area (Å²) in [6, 6.07) is 3.52. The summed E-state index contributed by atoms with van der Waals surface area (Å²) in [5.41, 5.74) is 0.503. The van der Waals surface area contributed by atoms with E-state index in [9.17, 15) is 4.79 Å². The minimum absolute atomic E-state index is 0.106. The molecule has 8 nitrogen and oxygen atoms in total. The summed E-state index contributed by atoms with van der Waals surface area (Å²) in [6.07, 6.45) is 1.71. The standard InChI is InChI=1S/C19H23N5O3S/c1-3-4-24-17(25)13-11-15-16(27-10-9-26-15)12-14(13)21-18(24)22-5-7-23(8-6-22)19(28)20-2/h3,11-12H,1,4-10H2,2H3,(H,20,28). The molecule has 2 aliphatic rings. The number of nitrogens with one attached hydrogen (secondary N) is 1. The number of benzene rings is 1. The molecule has 4 rings (SSSR count). The molecule has 2 aliphatic heterocycles. The molecule has 0 amide bonds. The van der Waals surface area contributed by atoms with Crippen LogP contribution in [0.3, 0.4) is 0 Å². The molecule has 1 aromatic heterocycles. The van der Waals surface area contributed by atoms with Crippen molar-refractivity contribution in [2.75, 3.05) is 51.3 Å². The van der Waals surface area contributed by atoms with Crippen LogP contribution in [0.2, 0.25) is 0 Å². The monoisotopic (exact) mass is 401 g/mol. The number of anilines is 1. The first kappa shape index (κ1) is 18.5. The molecule has 1 saturated heterocycles. The zero-order valence-corrected chi connectivity index (χ0v) is 16.6. The van der Waals surface area contributed by atoms with Crippen molar-refractivity contribution >= 4 is 34.2 Å². The van der Waals surface area contributed by atoms with E-state index >= 15 is 0 Å². The second kappa shape index (κ2) is 7.67. The molecular weight excluding hydrogens is 378 g/mol. The SMILES string of the molecule is C=CCn1c(N2CCN(C(=S)NC)CC2)nc2cc3c(cc2c1=O)OCCO3. The van der Waals surface area contributed by atoms with Crippen LogP contribution in [0.25, 0.3) is 10.9 Å². The van der Waals surface area contributed by atoms with E-state index in [1.807, 2.05) is 7.05 Å². The van der Waals surface area contributed by atoms with Gasteiger partial charge in [0.25, 0.3) is 5.56 Å². The number of hydrogen-bond acceptors (Lipinski definition) is 6. The molecule has 0 aliphatic carbocycles. The van der Waals surface area contributed by atoms with Gasteiger partial charge in [-0.15, -0.1) is 6.58 Å². The number of piperazine rings is 1. The van der Waals surface area contributed by atoms with Crippen LogP contribution >= 0.6 is 12.2 Å². The van der Waals surface area contributed by atoms with Crippen LogP contribution < -0.4 is 25.2 Å². The largest absolute Gasteiger partial charge is 0.486 e. The average Bonchev–Trinajstić information content (AvgIpc) is 2.74. The molecule has 1 fully saturated rings. The molecule has 1 aromatic carbocycles. The molecule has 0 spiro atoms. The van der Waals surface area contributed by atoms with Gasteiger partial charge in [-0.25, -0.2) is 4.98 Å². The van der Waals surface area contributed by atoms with Crippen LogP contribution in [0.5, 0.6) is 11.5 Å². The highest BCUT2D eigenvalue weighted by Crippen LogP contribution is 2.33. The van der Waals surface area contributed by atoms with Gasteiger partial charge in [0.2, 0.25) is 5.95 Å². The molecule has 9 heteroatoms. The molecule has 2 aromatic rings. The fourth-order valence-corrected chi connectivity index (χ4v) is 3.73. The fraction of sp³-hybridized carbons (Fsp3) is 0.421. The van der Waals surface area contributed by atoms with Crippen molar-refractivity contribution in [2.24, 2.45) is 0 Å². The number of allylic oxidation sites excluding steroid dienone is 1. The van der Waals surface area contributed by atoms with Crippen LogP contribution in [-0.2, 0) is 6.54 Å². The lowest BCUT2D eigenvalue weighted by atomic mass is 10.2. The zero-order valence-electron chi connectivity index (χ0n) is 15.8. The first-order chi connectivity index (χ1) is 13.6. The van der Waals surface area contributed by atoms with Crippen molar-refractivity contribution < 1.29 is 9.47 Å². The molecule has 28 heavy (non-hydrogen) atoms. The summed E-state index contributed by atoms with van der Waals surface area (Å²) in [7, 11) is 1.83. The third-order valence-corrected chi connectivity index (χ3v) is 5.44. The van der Waals surface area contributed by atoms with Gasteiger partial charge in [-0.1, -0.05) is 6.08 Å². The number of aromatic nitrogens is 2. The van der Waals surface area contributed by atoms with Gasteiger partial charge in [-0.3, -0.25) is 9.36 Å². The van der Waals surface area contributed by atoms with E-state index in [1.165, 1.54) is 0 Å². The van der Waals surface area contributed by atoms with Crippen molar-refractivity contribution in [2.45, 2.75) is 6.54 Å². The summed E-state index contributed by atoms with van der Waals surface area (Å²) in [5.74, 6) is 1.86. The Kier molecular flexibility index (Phi) is 5.08. The van der Waals surface area contributed by atoms with Crippen molar-refractivity contribution in [1.82, 2.24) is 19.8 Å². The lowest BCUT2D eigenvalue weighted by molar-refractivity contribution is 0.172. The van der Waals surface area contributed by atoms with Gasteiger partial charge < -0.3 is 24.6 Å². The van der Waals surface area contributed by atoms with Crippen molar-refractivity contribution in [3.8, 4) is 11.5 Å². The minimum Gasteiger partial charge on any atom is -0.486 e. The first-order valence-corrected chi connectivity index (χ1v) is 9.70. The molecule has 1 N–H and O–H groups in total. The first-order valence-electron chi connectivity index (χ1n) is 9.29. The van der Waals surface area contributed by atoms with Gasteiger partial charge in [0, 0.05) is 45.8 Å². The lowest BCUT2D eigenvalue weighted by Gasteiger charge is -2.37. The van der Waals surface area contributed by atoms with Crippen LogP contribution in [0.1, 0.15) is 0 Å². The van der Waals surface area contributed by atoms with E-state index in [0.29, 0.717) is 48.1 Å². The molecule has 0 atom stereocenters. The van der Waals surface area contributed by atoms with E-state index in [0.717, 1.165) is 31.3 Å². The predicted molar refractivity (Wildman–Crippen MR) is 113 cm³/mol. The number of hydrogen-bond donors (Lipinski definition) is 1. The van der Waals surface area contributed by atoms with Gasteiger partial charge in [-0.2, -0.15) is 0 Å². The zero-order chi connectivity index (χ0) is 19.7.